The highest BCUT2D eigenvalue weighted by molar-refractivity contribution is 7.92. The summed E-state index contributed by atoms with van der Waals surface area (Å²) in [4.78, 5) is 5.95. The molecule has 1 aromatic heterocycles. The highest BCUT2D eigenvalue weighted by atomic mass is 35.5. The normalized spacial score (nSPS) is 23.9. The molecule has 2 saturated heterocycles. The SMILES string of the molecule is CO[C@@]1([C@H]2CCN2C)CCN(c2cc(F)c(S(=O)(=O)Nc3cccc(F)n3)c(F)c2Cl)C1. The van der Waals surface area contributed by atoms with Gasteiger partial charge in [-0.15, -0.1) is 0 Å². The van der Waals surface area contributed by atoms with Crippen molar-refractivity contribution in [2.24, 2.45) is 0 Å². The van der Waals surface area contributed by atoms with Crippen molar-refractivity contribution in [1.82, 2.24) is 9.88 Å². The number of methoxy groups -OCH3 is 1. The molecule has 1 N–H and O–H groups in total. The quantitative estimate of drug-likeness (QED) is 0.495. The van der Waals surface area contributed by atoms with Crippen molar-refractivity contribution in [3.8, 4) is 0 Å². The number of hydrogen-bond acceptors (Lipinski definition) is 6. The molecule has 0 unspecified atom stereocenters. The van der Waals surface area contributed by atoms with Gasteiger partial charge in [-0.05, 0) is 38.6 Å². The van der Waals surface area contributed by atoms with Gasteiger partial charge in [0.15, 0.2) is 10.7 Å². The van der Waals surface area contributed by atoms with E-state index in [-0.39, 0.29) is 11.7 Å². The molecule has 7 nitrogen and oxygen atoms in total. The number of hydrogen-bond donors (Lipinski definition) is 1. The molecule has 12 heteroatoms. The van der Waals surface area contributed by atoms with Crippen LogP contribution in [-0.2, 0) is 14.8 Å². The molecule has 0 aliphatic carbocycles. The average Bonchev–Trinajstić information content (AvgIpc) is 3.13. The predicted octanol–water partition coefficient (Wildman–Crippen LogP) is 3.25. The van der Waals surface area contributed by atoms with Gasteiger partial charge in [0, 0.05) is 32.3 Å². The van der Waals surface area contributed by atoms with Crippen molar-refractivity contribution in [2.75, 3.05) is 43.4 Å². The molecule has 2 aromatic rings. The first-order valence-corrected chi connectivity index (χ1v) is 11.8. The van der Waals surface area contributed by atoms with Crippen LogP contribution in [0.1, 0.15) is 12.8 Å². The fraction of sp³-hybridized carbons (Fsp3) is 0.450. The summed E-state index contributed by atoms with van der Waals surface area (Å²) in [5.74, 6) is -4.12. The Balaban J connectivity index is 1.65. The monoisotopic (exact) mass is 490 g/mol. The number of benzene rings is 1. The minimum Gasteiger partial charge on any atom is -0.375 e. The Kier molecular flexibility index (Phi) is 6.03. The van der Waals surface area contributed by atoms with Crippen LogP contribution in [0.3, 0.4) is 0 Å². The van der Waals surface area contributed by atoms with Gasteiger partial charge in [-0.2, -0.15) is 4.39 Å². The maximum atomic E-state index is 15.1. The molecule has 2 atom stereocenters. The summed E-state index contributed by atoms with van der Waals surface area (Å²) in [6, 6.07) is 4.43. The fourth-order valence-electron chi connectivity index (χ4n) is 4.46. The molecule has 0 amide bonds. The van der Waals surface area contributed by atoms with Crippen molar-refractivity contribution in [1.29, 1.82) is 0 Å². The number of aromatic nitrogens is 1. The van der Waals surface area contributed by atoms with Gasteiger partial charge in [0.2, 0.25) is 5.95 Å². The molecule has 0 bridgehead atoms. The largest absolute Gasteiger partial charge is 0.375 e. The first-order valence-electron chi connectivity index (χ1n) is 9.91. The zero-order valence-corrected chi connectivity index (χ0v) is 19.0. The zero-order valence-electron chi connectivity index (χ0n) is 17.4. The third-order valence-electron chi connectivity index (χ3n) is 6.23. The second-order valence-corrected chi connectivity index (χ2v) is 10.0. The van der Waals surface area contributed by atoms with Gasteiger partial charge in [0.1, 0.15) is 22.3 Å². The number of nitrogens with zero attached hydrogens (tertiary/aromatic N) is 3. The van der Waals surface area contributed by atoms with Crippen LogP contribution in [0, 0.1) is 17.6 Å². The van der Waals surface area contributed by atoms with Gasteiger partial charge < -0.3 is 14.5 Å². The molecule has 2 aliphatic heterocycles. The van der Waals surface area contributed by atoms with Gasteiger partial charge in [-0.1, -0.05) is 17.7 Å². The van der Waals surface area contributed by atoms with Crippen LogP contribution in [-0.4, -0.2) is 63.7 Å². The smallest absolute Gasteiger partial charge is 0.268 e. The molecule has 2 aliphatic rings. The summed E-state index contributed by atoms with van der Waals surface area (Å²) in [6.45, 7) is 1.74. The number of rotatable bonds is 6. The van der Waals surface area contributed by atoms with Crippen LogP contribution in [0.2, 0.25) is 5.02 Å². The lowest BCUT2D eigenvalue weighted by Crippen LogP contribution is -2.61. The number of pyridine rings is 1. The van der Waals surface area contributed by atoms with E-state index in [0.29, 0.717) is 19.5 Å². The number of ether oxygens (including phenoxy) is 1. The van der Waals surface area contributed by atoms with E-state index in [1.807, 2.05) is 11.8 Å². The van der Waals surface area contributed by atoms with Gasteiger partial charge in [0.05, 0.1) is 5.69 Å². The van der Waals surface area contributed by atoms with E-state index in [0.717, 1.165) is 31.2 Å². The molecule has 1 aromatic carbocycles. The third-order valence-corrected chi connectivity index (χ3v) is 7.97. The molecule has 0 saturated carbocycles. The first kappa shape index (κ1) is 23.1. The lowest BCUT2D eigenvalue weighted by molar-refractivity contribution is -0.0937. The molecule has 0 spiro atoms. The van der Waals surface area contributed by atoms with Crippen molar-refractivity contribution < 1.29 is 26.3 Å². The minimum absolute atomic E-state index is 0.0467. The maximum Gasteiger partial charge on any atom is 0.268 e. The summed E-state index contributed by atoms with van der Waals surface area (Å²) in [5, 5.41) is -0.521. The first-order chi connectivity index (χ1) is 15.1. The van der Waals surface area contributed by atoms with E-state index in [2.05, 4.69) is 9.88 Å². The Hall–Kier alpha value is -2.08. The van der Waals surface area contributed by atoms with Crippen molar-refractivity contribution in [3.63, 3.8) is 0 Å². The zero-order chi connectivity index (χ0) is 23.3. The molecule has 174 valence electrons. The molecular formula is C20H22ClF3N4O3S. The van der Waals surface area contributed by atoms with Crippen LogP contribution in [0.25, 0.3) is 0 Å². The van der Waals surface area contributed by atoms with Gasteiger partial charge >= 0.3 is 0 Å². The molecule has 0 radical (unpaired) electrons. The second kappa shape index (κ2) is 8.36. The Labute approximate surface area is 189 Å². The van der Waals surface area contributed by atoms with Crippen LogP contribution < -0.4 is 9.62 Å². The van der Waals surface area contributed by atoms with Gasteiger partial charge in [0.25, 0.3) is 10.0 Å². The van der Waals surface area contributed by atoms with E-state index in [9.17, 15) is 17.2 Å². The van der Waals surface area contributed by atoms with Crippen molar-refractivity contribution in [2.45, 2.75) is 29.4 Å². The number of anilines is 2. The summed E-state index contributed by atoms with van der Waals surface area (Å²) < 4.78 is 76.2. The molecular weight excluding hydrogens is 469 g/mol. The fourth-order valence-corrected chi connectivity index (χ4v) is 5.93. The molecule has 3 heterocycles. The highest BCUT2D eigenvalue weighted by Gasteiger charge is 2.50. The van der Waals surface area contributed by atoms with Crippen molar-refractivity contribution in [3.05, 3.63) is 46.9 Å². The standard InChI is InChI=1S/C20H22ClF3N4O3S/c1-27-8-6-14(27)20(31-2)7-9-28(11-20)13-10-12(22)19(18(24)17(13)21)32(29,30)26-16-5-3-4-15(23)25-16/h3-5,10,14H,6-9,11H2,1-2H3,(H,25,26)/t14-,20+/m1/s1. The Morgan fingerprint density at radius 1 is 1.28 bits per heavy atom. The number of halogens is 4. The molecule has 2 fully saturated rings. The van der Waals surface area contributed by atoms with Crippen LogP contribution in [0.15, 0.2) is 29.2 Å². The molecule has 32 heavy (non-hydrogen) atoms. The number of likely N-dealkylation sites (N-methyl/N-ethyl adjacent to an activating group) is 1. The number of likely N-dealkylation sites (tertiary alicyclic amines) is 1. The third kappa shape index (κ3) is 3.91. The average molecular weight is 491 g/mol. The minimum atomic E-state index is -4.76. The van der Waals surface area contributed by atoms with Crippen LogP contribution >= 0.6 is 11.6 Å². The van der Waals surface area contributed by atoms with Crippen LogP contribution in [0.5, 0.6) is 0 Å². The van der Waals surface area contributed by atoms with E-state index in [1.54, 1.807) is 12.0 Å². The van der Waals surface area contributed by atoms with E-state index >= 15 is 4.39 Å². The lowest BCUT2D eigenvalue weighted by Gasteiger charge is -2.48. The maximum absolute atomic E-state index is 15.1. The Morgan fingerprint density at radius 3 is 2.62 bits per heavy atom. The second-order valence-electron chi connectivity index (χ2n) is 8.01. The highest BCUT2D eigenvalue weighted by Crippen LogP contribution is 2.42. The Morgan fingerprint density at radius 2 is 2.03 bits per heavy atom. The van der Waals surface area contributed by atoms with Gasteiger partial charge in [-0.3, -0.25) is 4.72 Å². The van der Waals surface area contributed by atoms with Gasteiger partial charge in [-0.25, -0.2) is 22.2 Å². The number of nitrogens with one attached hydrogen (secondary N) is 1. The van der Waals surface area contributed by atoms with Crippen LogP contribution in [0.4, 0.5) is 24.7 Å². The van der Waals surface area contributed by atoms with E-state index in [4.69, 9.17) is 16.3 Å². The van der Waals surface area contributed by atoms with E-state index < -0.39 is 48.9 Å². The lowest BCUT2D eigenvalue weighted by atomic mass is 9.84. The van der Waals surface area contributed by atoms with Crippen molar-refractivity contribution >= 4 is 33.1 Å². The number of sulfonamides is 1. The summed E-state index contributed by atoms with van der Waals surface area (Å²) in [6.07, 6.45) is 1.58. The summed E-state index contributed by atoms with van der Waals surface area (Å²) >= 11 is 6.17. The summed E-state index contributed by atoms with van der Waals surface area (Å²) in [7, 11) is -1.16. The Bertz CT molecular complexity index is 1150. The molecule has 4 rings (SSSR count). The predicted molar refractivity (Wildman–Crippen MR) is 114 cm³/mol. The topological polar surface area (TPSA) is 74.8 Å². The van der Waals surface area contributed by atoms with E-state index in [1.165, 1.54) is 6.07 Å². The summed E-state index contributed by atoms with van der Waals surface area (Å²) in [5.41, 5.74) is -0.469.